The Morgan fingerprint density at radius 3 is 1.03 bits per heavy atom. The van der Waals surface area contributed by atoms with E-state index in [4.69, 9.17) is 0 Å². The Balaban J connectivity index is 3.48. The number of allylic oxidation sites excluding steroid dienone is 17. The number of carbonyl (C=O) groups is 1. The summed E-state index contributed by atoms with van der Waals surface area (Å²) in [5, 5.41) is 23.1. The van der Waals surface area contributed by atoms with Gasteiger partial charge >= 0.3 is 0 Å². The molecule has 0 aromatic rings. The van der Waals surface area contributed by atoms with Gasteiger partial charge in [0, 0.05) is 6.42 Å². The molecular weight excluding hydrogens is 831 g/mol. The summed E-state index contributed by atoms with van der Waals surface area (Å²) in [5.74, 6) is -0.0780. The Morgan fingerprint density at radius 1 is 0.368 bits per heavy atom. The van der Waals surface area contributed by atoms with Gasteiger partial charge in [-0.15, -0.1) is 0 Å². The van der Waals surface area contributed by atoms with Crippen LogP contribution in [0.2, 0.25) is 0 Å². The van der Waals surface area contributed by atoms with Gasteiger partial charge in [0.05, 0.1) is 18.8 Å². The second-order valence-corrected chi connectivity index (χ2v) is 19.3. The molecule has 0 fully saturated rings. The number of hydrogen-bond donors (Lipinski definition) is 3. The summed E-state index contributed by atoms with van der Waals surface area (Å²) in [7, 11) is 0. The lowest BCUT2D eigenvalue weighted by Gasteiger charge is -2.19. The standard InChI is InChI=1S/C64H111NO3/c1-3-5-7-9-11-13-15-17-19-20-21-22-23-24-25-26-27-28-29-30-31-32-33-34-35-36-37-38-39-40-41-42-43-44-46-48-50-52-54-56-58-60-64(68)65-62(61-66)63(67)59-57-55-53-51-49-47-45-18-16-14-12-10-8-6-4-2/h5,7,11,13,16-19,21-22,24-25,27-28,49,51,57,59,62-63,66-67H,3-4,6,8-10,12,14-15,20,23,26,29-48,50,52-56,58,60-61H2,1-2H3,(H,65,68)/b7-5-,13-11-,18-16+,19-17-,22-21-,25-24-,28-27-,51-49+,59-57+. The van der Waals surface area contributed by atoms with Crippen molar-refractivity contribution in [2.45, 2.75) is 283 Å². The first-order valence-corrected chi connectivity index (χ1v) is 29.1. The van der Waals surface area contributed by atoms with Crippen LogP contribution in [0.25, 0.3) is 0 Å². The number of hydrogen-bond acceptors (Lipinski definition) is 3. The summed E-state index contributed by atoms with van der Waals surface area (Å²) in [6.07, 6.45) is 88.4. The first kappa shape index (κ1) is 65.0. The molecule has 0 saturated carbocycles. The Kier molecular flexibility index (Phi) is 55.8. The lowest BCUT2D eigenvalue weighted by molar-refractivity contribution is -0.123. The summed E-state index contributed by atoms with van der Waals surface area (Å²) >= 11 is 0. The van der Waals surface area contributed by atoms with Crippen LogP contribution in [0.5, 0.6) is 0 Å². The minimum atomic E-state index is -0.873. The zero-order valence-electron chi connectivity index (χ0n) is 44.8. The topological polar surface area (TPSA) is 69.6 Å². The van der Waals surface area contributed by atoms with E-state index in [-0.39, 0.29) is 12.5 Å². The van der Waals surface area contributed by atoms with Crippen LogP contribution >= 0.6 is 0 Å². The fraction of sp³-hybridized carbons (Fsp3) is 0.703. The quantitative estimate of drug-likeness (QED) is 0.0420. The molecule has 0 heterocycles. The Hall–Kier alpha value is -2.95. The number of amides is 1. The van der Waals surface area contributed by atoms with Gasteiger partial charge in [0.1, 0.15) is 0 Å². The maximum Gasteiger partial charge on any atom is 0.220 e. The van der Waals surface area contributed by atoms with Crippen LogP contribution in [0.4, 0.5) is 0 Å². The highest BCUT2D eigenvalue weighted by atomic mass is 16.3. The maximum absolute atomic E-state index is 12.4. The van der Waals surface area contributed by atoms with Gasteiger partial charge in [-0.1, -0.05) is 277 Å². The first-order valence-electron chi connectivity index (χ1n) is 29.1. The zero-order valence-corrected chi connectivity index (χ0v) is 44.8. The molecular formula is C64H111NO3. The van der Waals surface area contributed by atoms with Gasteiger partial charge in [0.15, 0.2) is 0 Å². The van der Waals surface area contributed by atoms with Gasteiger partial charge in [-0.05, 0) is 96.3 Å². The predicted octanol–water partition coefficient (Wildman–Crippen LogP) is 19.5. The second kappa shape index (κ2) is 58.4. The molecule has 0 aromatic carbocycles. The SMILES string of the molecule is CC/C=C\C/C=C\C/C=C\C/C=C\C/C=C\C/C=C\CCCCCCCCCCCCCCCCCCCCCCCCC(=O)NC(CO)C(O)/C=C/CC/C=C/CC/C=C/CCCCCCC. The molecule has 0 rings (SSSR count). The van der Waals surface area contributed by atoms with E-state index in [0.717, 1.165) is 77.0 Å². The zero-order chi connectivity index (χ0) is 49.2. The minimum Gasteiger partial charge on any atom is -0.394 e. The monoisotopic (exact) mass is 942 g/mol. The van der Waals surface area contributed by atoms with Crippen molar-refractivity contribution in [3.05, 3.63) is 109 Å². The average Bonchev–Trinajstić information content (AvgIpc) is 3.34. The molecule has 2 atom stereocenters. The van der Waals surface area contributed by atoms with Crippen molar-refractivity contribution in [2.75, 3.05) is 6.61 Å². The number of aliphatic hydroxyl groups is 2. The van der Waals surface area contributed by atoms with Gasteiger partial charge in [-0.3, -0.25) is 4.79 Å². The average molecular weight is 943 g/mol. The van der Waals surface area contributed by atoms with E-state index in [0.29, 0.717) is 6.42 Å². The van der Waals surface area contributed by atoms with Crippen molar-refractivity contribution >= 4 is 5.91 Å². The van der Waals surface area contributed by atoms with E-state index in [9.17, 15) is 15.0 Å². The van der Waals surface area contributed by atoms with Gasteiger partial charge < -0.3 is 15.5 Å². The Bertz CT molecular complexity index is 1300. The van der Waals surface area contributed by atoms with Crippen LogP contribution in [0.3, 0.4) is 0 Å². The minimum absolute atomic E-state index is 0.0780. The molecule has 0 aromatic heterocycles. The van der Waals surface area contributed by atoms with Gasteiger partial charge in [0.25, 0.3) is 0 Å². The molecule has 0 radical (unpaired) electrons. The highest BCUT2D eigenvalue weighted by molar-refractivity contribution is 5.76. The van der Waals surface area contributed by atoms with Crippen LogP contribution in [0.1, 0.15) is 271 Å². The largest absolute Gasteiger partial charge is 0.394 e. The fourth-order valence-electron chi connectivity index (χ4n) is 8.33. The summed E-state index contributed by atoms with van der Waals surface area (Å²) < 4.78 is 0. The summed E-state index contributed by atoms with van der Waals surface area (Å²) in [5.41, 5.74) is 0. The smallest absolute Gasteiger partial charge is 0.220 e. The van der Waals surface area contributed by atoms with E-state index in [2.05, 4.69) is 116 Å². The first-order chi connectivity index (χ1) is 33.7. The molecule has 1 amide bonds. The second-order valence-electron chi connectivity index (χ2n) is 19.3. The van der Waals surface area contributed by atoms with Gasteiger partial charge in [-0.25, -0.2) is 0 Å². The number of rotatable bonds is 52. The molecule has 2 unspecified atom stereocenters. The third kappa shape index (κ3) is 54.0. The van der Waals surface area contributed by atoms with Crippen molar-refractivity contribution < 1.29 is 15.0 Å². The van der Waals surface area contributed by atoms with Crippen LogP contribution < -0.4 is 5.32 Å². The molecule has 4 nitrogen and oxygen atoms in total. The highest BCUT2D eigenvalue weighted by Gasteiger charge is 2.18. The lowest BCUT2D eigenvalue weighted by atomic mass is 10.0. The van der Waals surface area contributed by atoms with Crippen LogP contribution in [-0.2, 0) is 4.79 Å². The molecule has 0 aliphatic heterocycles. The van der Waals surface area contributed by atoms with Crippen molar-refractivity contribution in [1.29, 1.82) is 0 Å². The molecule has 390 valence electrons. The van der Waals surface area contributed by atoms with E-state index in [1.54, 1.807) is 6.08 Å². The van der Waals surface area contributed by atoms with E-state index in [1.807, 2.05) is 6.08 Å². The van der Waals surface area contributed by atoms with E-state index < -0.39 is 12.1 Å². The molecule has 0 aliphatic carbocycles. The van der Waals surface area contributed by atoms with Crippen LogP contribution in [-0.4, -0.2) is 34.9 Å². The highest BCUT2D eigenvalue weighted by Crippen LogP contribution is 2.16. The molecule has 3 N–H and O–H groups in total. The van der Waals surface area contributed by atoms with E-state index in [1.165, 1.54) is 173 Å². The lowest BCUT2D eigenvalue weighted by Crippen LogP contribution is -2.45. The van der Waals surface area contributed by atoms with Crippen molar-refractivity contribution in [3.8, 4) is 0 Å². The summed E-state index contributed by atoms with van der Waals surface area (Å²) in [6, 6.07) is -0.648. The van der Waals surface area contributed by atoms with Gasteiger partial charge in [-0.2, -0.15) is 0 Å². The number of nitrogens with one attached hydrogen (secondary N) is 1. The molecule has 0 bridgehead atoms. The summed E-state index contributed by atoms with van der Waals surface area (Å²) in [4.78, 5) is 12.4. The van der Waals surface area contributed by atoms with Crippen LogP contribution in [0, 0.1) is 0 Å². The molecule has 68 heavy (non-hydrogen) atoms. The summed E-state index contributed by atoms with van der Waals surface area (Å²) in [6.45, 7) is 4.16. The number of unbranched alkanes of at least 4 members (excludes halogenated alkanes) is 29. The molecule has 0 saturated heterocycles. The van der Waals surface area contributed by atoms with Crippen LogP contribution in [0.15, 0.2) is 109 Å². The normalized spacial score (nSPS) is 13.6. The van der Waals surface area contributed by atoms with E-state index >= 15 is 0 Å². The predicted molar refractivity (Wildman–Crippen MR) is 303 cm³/mol. The molecule has 4 heteroatoms. The van der Waals surface area contributed by atoms with Crippen molar-refractivity contribution in [3.63, 3.8) is 0 Å². The number of aliphatic hydroxyl groups excluding tert-OH is 2. The molecule has 0 aliphatic rings. The Morgan fingerprint density at radius 2 is 0.662 bits per heavy atom. The number of carbonyl (C=O) groups excluding carboxylic acids is 1. The Labute approximate surface area is 423 Å². The van der Waals surface area contributed by atoms with Gasteiger partial charge in [0.2, 0.25) is 5.91 Å². The van der Waals surface area contributed by atoms with Crippen molar-refractivity contribution in [1.82, 2.24) is 5.32 Å². The third-order valence-electron chi connectivity index (χ3n) is 12.7. The maximum atomic E-state index is 12.4. The molecule has 0 spiro atoms. The van der Waals surface area contributed by atoms with Crippen molar-refractivity contribution in [2.24, 2.45) is 0 Å². The fourth-order valence-corrected chi connectivity index (χ4v) is 8.33. The third-order valence-corrected chi connectivity index (χ3v) is 12.7.